The molecule has 2 N–H and O–H groups in total. The number of ether oxygens (including phenoxy) is 2. The van der Waals surface area contributed by atoms with Gasteiger partial charge in [0, 0.05) is 23.7 Å². The summed E-state index contributed by atoms with van der Waals surface area (Å²) >= 11 is 5.82. The van der Waals surface area contributed by atoms with Gasteiger partial charge in [0.25, 0.3) is 5.91 Å². The lowest BCUT2D eigenvalue weighted by Crippen LogP contribution is -2.29. The minimum atomic E-state index is -4.52. The van der Waals surface area contributed by atoms with E-state index in [0.717, 1.165) is 48.6 Å². The molecule has 0 saturated heterocycles. The fourth-order valence-electron chi connectivity index (χ4n) is 2.69. The number of halogens is 4. The van der Waals surface area contributed by atoms with Crippen LogP contribution in [-0.2, 0) is 22.2 Å². The number of pyridine rings is 1. The summed E-state index contributed by atoms with van der Waals surface area (Å²) in [6, 6.07) is 7.63. The van der Waals surface area contributed by atoms with Crippen LogP contribution in [0.2, 0.25) is 5.02 Å². The number of nitrogens with one attached hydrogen (secondary N) is 2. The van der Waals surface area contributed by atoms with Gasteiger partial charge in [0.05, 0.1) is 12.8 Å². The monoisotopic (exact) mass is 485 g/mol. The number of carbonyl (C=O) groups is 2. The highest BCUT2D eigenvalue weighted by Crippen LogP contribution is 2.28. The molecular formula is C22H23ClF3N3O4. The van der Waals surface area contributed by atoms with Crippen molar-refractivity contribution in [3.8, 4) is 11.5 Å². The molecule has 3 rings (SSSR count). The zero-order valence-electron chi connectivity index (χ0n) is 17.6. The minimum Gasteiger partial charge on any atom is -0.493 e. The highest BCUT2D eigenvalue weighted by Gasteiger charge is 2.32. The number of aryl methyl sites for hydroxylation is 1. The van der Waals surface area contributed by atoms with Gasteiger partial charge in [-0.1, -0.05) is 18.2 Å². The van der Waals surface area contributed by atoms with Crippen LogP contribution in [0.1, 0.15) is 24.1 Å². The number of hydrogen-bond acceptors (Lipinski definition) is 5. The van der Waals surface area contributed by atoms with E-state index in [1.54, 1.807) is 0 Å². The summed E-state index contributed by atoms with van der Waals surface area (Å²) in [6.07, 6.45) is -0.562. The van der Waals surface area contributed by atoms with Crippen LogP contribution in [0.3, 0.4) is 0 Å². The average Bonchev–Trinajstić information content (AvgIpc) is 2.78. The second-order valence-corrected chi connectivity index (χ2v) is 7.28. The molecule has 2 heterocycles. The molecule has 0 spiro atoms. The van der Waals surface area contributed by atoms with Crippen molar-refractivity contribution in [3.05, 3.63) is 65.1 Å². The Hall–Kier alpha value is -3.27. The van der Waals surface area contributed by atoms with E-state index in [9.17, 15) is 22.8 Å². The lowest BCUT2D eigenvalue weighted by atomic mass is 10.1. The zero-order valence-corrected chi connectivity index (χ0v) is 18.3. The Balaban J connectivity index is 0.000000288. The van der Waals surface area contributed by atoms with Gasteiger partial charge in [-0.2, -0.15) is 13.2 Å². The van der Waals surface area contributed by atoms with E-state index in [-0.39, 0.29) is 5.75 Å². The van der Waals surface area contributed by atoms with Crippen molar-refractivity contribution in [2.45, 2.75) is 25.4 Å². The first-order valence-electron chi connectivity index (χ1n) is 9.91. The van der Waals surface area contributed by atoms with E-state index >= 15 is 0 Å². The normalized spacial score (nSPS) is 12.2. The standard InChI is InChI=1S/C13H14F3N3O3.C9H9ClO/c1-9(4-5-17-8-20)19-12(21)7-22-10-2-3-11(18-6-10)13(14,15)16;10-8-3-4-9-7(6-8)2-1-5-11-9/h2-3,6,8H,1,4-5,7H2,(H,17,20)(H,19,21);3-4,6H,1-2,5H2. The summed E-state index contributed by atoms with van der Waals surface area (Å²) in [5.41, 5.74) is 0.581. The third-order valence-corrected chi connectivity index (χ3v) is 4.47. The van der Waals surface area contributed by atoms with Crippen LogP contribution in [0.15, 0.2) is 48.8 Å². The molecule has 2 aromatic rings. The first-order valence-corrected chi connectivity index (χ1v) is 10.3. The fraction of sp³-hybridized carbons (Fsp3) is 0.318. The van der Waals surface area contributed by atoms with Crippen LogP contribution in [0, 0.1) is 0 Å². The molecule has 0 bridgehead atoms. The molecule has 1 aliphatic heterocycles. The number of hydrogen-bond donors (Lipinski definition) is 2. The van der Waals surface area contributed by atoms with Crippen molar-refractivity contribution < 1.29 is 32.2 Å². The van der Waals surface area contributed by atoms with Gasteiger partial charge in [-0.3, -0.25) is 9.59 Å². The fourth-order valence-corrected chi connectivity index (χ4v) is 2.88. The van der Waals surface area contributed by atoms with Crippen molar-refractivity contribution in [2.75, 3.05) is 19.8 Å². The molecule has 0 aliphatic carbocycles. The molecule has 1 aliphatic rings. The third kappa shape index (κ3) is 9.40. The Morgan fingerprint density at radius 2 is 2.09 bits per heavy atom. The Bertz CT molecular complexity index is 953. The van der Waals surface area contributed by atoms with Gasteiger partial charge in [-0.05, 0) is 48.7 Å². The predicted molar refractivity (Wildman–Crippen MR) is 116 cm³/mol. The van der Waals surface area contributed by atoms with E-state index in [1.807, 2.05) is 18.2 Å². The second kappa shape index (κ2) is 12.7. The van der Waals surface area contributed by atoms with Crippen LogP contribution in [0.25, 0.3) is 0 Å². The van der Waals surface area contributed by atoms with E-state index in [1.165, 1.54) is 5.56 Å². The number of aromatic nitrogens is 1. The molecule has 0 fully saturated rings. The molecule has 0 unspecified atom stereocenters. The molecule has 1 aromatic carbocycles. The highest BCUT2D eigenvalue weighted by molar-refractivity contribution is 6.30. The minimum absolute atomic E-state index is 0.0383. The van der Waals surface area contributed by atoms with E-state index < -0.39 is 24.4 Å². The highest BCUT2D eigenvalue weighted by atomic mass is 35.5. The van der Waals surface area contributed by atoms with Crippen molar-refractivity contribution in [1.82, 2.24) is 15.6 Å². The molecule has 7 nitrogen and oxygen atoms in total. The first-order chi connectivity index (χ1) is 15.7. The largest absolute Gasteiger partial charge is 0.493 e. The molecule has 11 heteroatoms. The van der Waals surface area contributed by atoms with Gasteiger partial charge in [0.1, 0.15) is 17.2 Å². The number of benzene rings is 1. The summed E-state index contributed by atoms with van der Waals surface area (Å²) in [4.78, 5) is 24.7. The van der Waals surface area contributed by atoms with Crippen molar-refractivity contribution >= 4 is 23.9 Å². The van der Waals surface area contributed by atoms with Crippen LogP contribution in [0.5, 0.6) is 11.5 Å². The molecule has 0 atom stereocenters. The molecule has 33 heavy (non-hydrogen) atoms. The maximum absolute atomic E-state index is 12.3. The number of carbonyl (C=O) groups excluding carboxylic acids is 2. The topological polar surface area (TPSA) is 89.6 Å². The van der Waals surface area contributed by atoms with E-state index in [0.29, 0.717) is 25.1 Å². The summed E-state index contributed by atoms with van der Waals surface area (Å²) in [6.45, 7) is 4.35. The van der Waals surface area contributed by atoms with E-state index in [4.69, 9.17) is 21.1 Å². The zero-order chi connectivity index (χ0) is 24.3. The Morgan fingerprint density at radius 3 is 2.76 bits per heavy atom. The molecule has 1 aromatic heterocycles. The van der Waals surface area contributed by atoms with Gasteiger partial charge < -0.3 is 20.1 Å². The SMILES string of the molecule is C=C(CCNC=O)NC(=O)COc1ccc(C(F)(F)F)nc1.Clc1ccc2c(c1)CCCO2. The van der Waals surface area contributed by atoms with E-state index in [2.05, 4.69) is 22.2 Å². The van der Waals surface area contributed by atoms with Gasteiger partial charge >= 0.3 is 6.18 Å². The van der Waals surface area contributed by atoms with Gasteiger partial charge in [-0.15, -0.1) is 0 Å². The maximum atomic E-state index is 12.3. The van der Waals surface area contributed by atoms with Crippen LogP contribution >= 0.6 is 11.6 Å². The summed E-state index contributed by atoms with van der Waals surface area (Å²) in [7, 11) is 0. The average molecular weight is 486 g/mol. The van der Waals surface area contributed by atoms with Gasteiger partial charge in [0.15, 0.2) is 6.61 Å². The molecule has 178 valence electrons. The van der Waals surface area contributed by atoms with Gasteiger partial charge in [0.2, 0.25) is 6.41 Å². The number of alkyl halides is 3. The quantitative estimate of drug-likeness (QED) is 0.437. The Labute approximate surface area is 193 Å². The lowest BCUT2D eigenvalue weighted by Gasteiger charge is -2.16. The second-order valence-electron chi connectivity index (χ2n) is 6.84. The number of fused-ring (bicyclic) bond motifs is 1. The van der Waals surface area contributed by atoms with Crippen molar-refractivity contribution in [1.29, 1.82) is 0 Å². The summed E-state index contributed by atoms with van der Waals surface area (Å²) < 4.78 is 47.3. The smallest absolute Gasteiger partial charge is 0.433 e. The molecule has 0 radical (unpaired) electrons. The molecular weight excluding hydrogens is 463 g/mol. The maximum Gasteiger partial charge on any atom is 0.433 e. The number of rotatable bonds is 8. The molecule has 0 saturated carbocycles. The first kappa shape index (κ1) is 26.0. The molecule has 2 amide bonds. The van der Waals surface area contributed by atoms with Crippen LogP contribution < -0.4 is 20.1 Å². The summed E-state index contributed by atoms with van der Waals surface area (Å²) in [5, 5.41) is 5.63. The van der Waals surface area contributed by atoms with Crippen molar-refractivity contribution in [3.63, 3.8) is 0 Å². The number of amides is 2. The predicted octanol–water partition coefficient (Wildman–Crippen LogP) is 3.91. The van der Waals surface area contributed by atoms with Crippen molar-refractivity contribution in [2.24, 2.45) is 0 Å². The third-order valence-electron chi connectivity index (χ3n) is 4.24. The number of nitrogens with zero attached hydrogens (tertiary/aromatic N) is 1. The Morgan fingerprint density at radius 1 is 1.30 bits per heavy atom. The Kier molecular flexibility index (Phi) is 9.99. The van der Waals surface area contributed by atoms with Gasteiger partial charge in [-0.25, -0.2) is 4.98 Å². The van der Waals surface area contributed by atoms with Crippen LogP contribution in [-0.4, -0.2) is 37.1 Å². The lowest BCUT2D eigenvalue weighted by molar-refractivity contribution is -0.141. The summed E-state index contributed by atoms with van der Waals surface area (Å²) in [5.74, 6) is 0.521. The van der Waals surface area contributed by atoms with Crippen LogP contribution in [0.4, 0.5) is 13.2 Å².